The first kappa shape index (κ1) is 7.00. The van der Waals surface area contributed by atoms with E-state index in [1.807, 2.05) is 0 Å². The average molecular weight is 132 g/mol. The van der Waals surface area contributed by atoms with Crippen molar-refractivity contribution in [3.05, 3.63) is 0 Å². The van der Waals surface area contributed by atoms with Crippen molar-refractivity contribution < 1.29 is 9.50 Å². The highest BCUT2D eigenvalue weighted by Crippen LogP contribution is 2.30. The highest BCUT2D eigenvalue weighted by Gasteiger charge is 2.29. The summed E-state index contributed by atoms with van der Waals surface area (Å²) < 4.78 is 12.9. The van der Waals surface area contributed by atoms with Gasteiger partial charge in [-0.15, -0.1) is 0 Å². The van der Waals surface area contributed by atoms with Crippen LogP contribution >= 0.6 is 0 Å². The molecule has 0 aromatic heterocycles. The summed E-state index contributed by atoms with van der Waals surface area (Å²) in [5, 5.41) is 8.97. The maximum absolute atomic E-state index is 12.9. The Labute approximate surface area is 54.9 Å². The summed E-state index contributed by atoms with van der Waals surface area (Å²) in [6, 6.07) is 0. The number of halogens is 1. The van der Waals surface area contributed by atoms with Crippen LogP contribution in [0.1, 0.15) is 32.6 Å². The molecule has 0 spiro atoms. The van der Waals surface area contributed by atoms with Crippen molar-refractivity contribution in [2.45, 2.75) is 44.4 Å². The lowest BCUT2D eigenvalue weighted by atomic mass is 9.86. The minimum absolute atomic E-state index is 0.242. The van der Waals surface area contributed by atoms with Crippen LogP contribution in [0.5, 0.6) is 0 Å². The van der Waals surface area contributed by atoms with Crippen molar-refractivity contribution in [3.8, 4) is 0 Å². The largest absolute Gasteiger partial charge is 0.393 e. The lowest BCUT2D eigenvalue weighted by Gasteiger charge is -2.27. The summed E-state index contributed by atoms with van der Waals surface area (Å²) in [5.41, 5.74) is -1.00. The molecule has 0 aliphatic heterocycles. The highest BCUT2D eigenvalue weighted by atomic mass is 19.1. The molecule has 0 saturated heterocycles. The first-order valence-corrected chi connectivity index (χ1v) is 3.47. The Morgan fingerprint density at radius 3 is 2.22 bits per heavy atom. The van der Waals surface area contributed by atoms with Gasteiger partial charge in [-0.1, -0.05) is 0 Å². The second kappa shape index (κ2) is 2.25. The molecule has 0 aromatic carbocycles. The standard InChI is InChI=1S/C7H13FO/c1-7(8)4-2-6(9)3-5-7/h6,9H,2-5H2,1H3/t6-,7+. The fourth-order valence-electron chi connectivity index (χ4n) is 1.20. The fourth-order valence-corrected chi connectivity index (χ4v) is 1.20. The van der Waals surface area contributed by atoms with Crippen molar-refractivity contribution >= 4 is 0 Å². The van der Waals surface area contributed by atoms with Crippen LogP contribution in [0.3, 0.4) is 0 Å². The van der Waals surface area contributed by atoms with E-state index in [2.05, 4.69) is 0 Å². The molecule has 0 aromatic rings. The summed E-state index contributed by atoms with van der Waals surface area (Å²) in [6.07, 6.45) is 2.07. The van der Waals surface area contributed by atoms with Crippen LogP contribution in [0.25, 0.3) is 0 Å². The first-order chi connectivity index (χ1) is 4.10. The molecule has 1 N–H and O–H groups in total. The van der Waals surface area contributed by atoms with Gasteiger partial charge in [0.2, 0.25) is 0 Å². The summed E-state index contributed by atoms with van der Waals surface area (Å²) in [7, 11) is 0. The number of hydrogen-bond donors (Lipinski definition) is 1. The van der Waals surface area contributed by atoms with Crippen LogP contribution in [0.15, 0.2) is 0 Å². The quantitative estimate of drug-likeness (QED) is 0.531. The molecule has 1 saturated carbocycles. The number of rotatable bonds is 0. The Morgan fingerprint density at radius 2 is 1.89 bits per heavy atom. The van der Waals surface area contributed by atoms with E-state index < -0.39 is 5.67 Å². The van der Waals surface area contributed by atoms with Crippen LogP contribution in [-0.4, -0.2) is 16.9 Å². The number of alkyl halides is 1. The Bertz CT molecular complexity index is 91.1. The molecule has 1 rings (SSSR count). The Kier molecular flexibility index (Phi) is 1.75. The van der Waals surface area contributed by atoms with Gasteiger partial charge in [0.05, 0.1) is 6.10 Å². The van der Waals surface area contributed by atoms with Crippen molar-refractivity contribution in [2.75, 3.05) is 0 Å². The van der Waals surface area contributed by atoms with Gasteiger partial charge >= 0.3 is 0 Å². The van der Waals surface area contributed by atoms with Crippen molar-refractivity contribution in [2.24, 2.45) is 0 Å². The predicted octanol–water partition coefficient (Wildman–Crippen LogP) is 1.65. The van der Waals surface area contributed by atoms with Gasteiger partial charge in [0.25, 0.3) is 0 Å². The molecule has 0 amide bonds. The molecule has 1 fully saturated rings. The Balaban J connectivity index is 2.35. The van der Waals surface area contributed by atoms with E-state index in [-0.39, 0.29) is 6.10 Å². The van der Waals surface area contributed by atoms with E-state index >= 15 is 0 Å². The zero-order valence-corrected chi connectivity index (χ0v) is 5.73. The molecule has 0 radical (unpaired) electrons. The monoisotopic (exact) mass is 132 g/mol. The third-order valence-corrected chi connectivity index (χ3v) is 2.00. The molecule has 0 bridgehead atoms. The fraction of sp³-hybridized carbons (Fsp3) is 1.00. The number of hydrogen-bond acceptors (Lipinski definition) is 1. The Morgan fingerprint density at radius 1 is 1.44 bits per heavy atom. The lowest BCUT2D eigenvalue weighted by molar-refractivity contribution is 0.0451. The normalized spacial score (nSPS) is 45.0. The summed E-state index contributed by atoms with van der Waals surface area (Å²) in [6.45, 7) is 1.61. The number of aliphatic hydroxyl groups is 1. The third kappa shape index (κ3) is 1.94. The molecular formula is C7H13FO. The zero-order valence-electron chi connectivity index (χ0n) is 5.73. The molecule has 54 valence electrons. The summed E-state index contributed by atoms with van der Waals surface area (Å²) in [5.74, 6) is 0. The third-order valence-electron chi connectivity index (χ3n) is 2.00. The molecule has 9 heavy (non-hydrogen) atoms. The van der Waals surface area contributed by atoms with E-state index in [1.165, 1.54) is 0 Å². The zero-order chi connectivity index (χ0) is 6.91. The second-order valence-electron chi connectivity index (χ2n) is 3.14. The van der Waals surface area contributed by atoms with Crippen LogP contribution in [-0.2, 0) is 0 Å². The van der Waals surface area contributed by atoms with Gasteiger partial charge in [-0.05, 0) is 32.6 Å². The van der Waals surface area contributed by atoms with Gasteiger partial charge in [-0.3, -0.25) is 0 Å². The maximum atomic E-state index is 12.9. The molecule has 0 unspecified atom stereocenters. The minimum atomic E-state index is -1.00. The molecule has 1 nitrogen and oxygen atoms in total. The molecule has 2 heteroatoms. The topological polar surface area (TPSA) is 20.2 Å². The van der Waals surface area contributed by atoms with Gasteiger partial charge in [0, 0.05) is 0 Å². The Hall–Kier alpha value is -0.110. The van der Waals surface area contributed by atoms with E-state index in [0.29, 0.717) is 25.7 Å². The predicted molar refractivity (Wildman–Crippen MR) is 34.0 cm³/mol. The van der Waals surface area contributed by atoms with E-state index in [0.717, 1.165) is 0 Å². The maximum Gasteiger partial charge on any atom is 0.108 e. The highest BCUT2D eigenvalue weighted by molar-refractivity contribution is 4.81. The summed E-state index contributed by atoms with van der Waals surface area (Å²) >= 11 is 0. The molecule has 0 heterocycles. The average Bonchev–Trinajstić information content (AvgIpc) is 1.78. The van der Waals surface area contributed by atoms with E-state index in [4.69, 9.17) is 5.11 Å². The number of aliphatic hydroxyl groups excluding tert-OH is 1. The van der Waals surface area contributed by atoms with E-state index in [9.17, 15) is 4.39 Å². The lowest BCUT2D eigenvalue weighted by Crippen LogP contribution is -2.28. The second-order valence-corrected chi connectivity index (χ2v) is 3.14. The molecular weight excluding hydrogens is 119 g/mol. The van der Waals surface area contributed by atoms with Gasteiger partial charge in [0.15, 0.2) is 0 Å². The molecule has 1 aliphatic rings. The minimum Gasteiger partial charge on any atom is -0.393 e. The summed E-state index contributed by atoms with van der Waals surface area (Å²) in [4.78, 5) is 0. The van der Waals surface area contributed by atoms with Gasteiger partial charge < -0.3 is 5.11 Å². The molecule has 0 atom stereocenters. The van der Waals surface area contributed by atoms with Crippen LogP contribution in [0.2, 0.25) is 0 Å². The SMILES string of the molecule is C[C@]1(F)CC[C@@H](O)CC1. The van der Waals surface area contributed by atoms with Crippen molar-refractivity contribution in [1.82, 2.24) is 0 Å². The van der Waals surface area contributed by atoms with Crippen LogP contribution in [0.4, 0.5) is 4.39 Å². The van der Waals surface area contributed by atoms with Gasteiger partial charge in [-0.2, -0.15) is 0 Å². The van der Waals surface area contributed by atoms with Gasteiger partial charge in [-0.25, -0.2) is 4.39 Å². The van der Waals surface area contributed by atoms with Crippen molar-refractivity contribution in [1.29, 1.82) is 0 Å². The van der Waals surface area contributed by atoms with Crippen LogP contribution < -0.4 is 0 Å². The molecule has 1 aliphatic carbocycles. The van der Waals surface area contributed by atoms with Crippen LogP contribution in [0, 0.1) is 0 Å². The van der Waals surface area contributed by atoms with E-state index in [1.54, 1.807) is 6.92 Å². The van der Waals surface area contributed by atoms with Gasteiger partial charge in [0.1, 0.15) is 5.67 Å². The van der Waals surface area contributed by atoms with Crippen molar-refractivity contribution in [3.63, 3.8) is 0 Å². The smallest absolute Gasteiger partial charge is 0.108 e. The first-order valence-electron chi connectivity index (χ1n) is 3.47.